The van der Waals surface area contributed by atoms with Crippen molar-refractivity contribution in [2.45, 2.75) is 12.1 Å². The van der Waals surface area contributed by atoms with Crippen molar-refractivity contribution < 1.29 is 19.8 Å². The third-order valence-corrected chi connectivity index (χ3v) is 4.32. The van der Waals surface area contributed by atoms with Crippen molar-refractivity contribution in [2.24, 2.45) is 0 Å². The summed E-state index contributed by atoms with van der Waals surface area (Å²) in [6, 6.07) is 15.4. The molecule has 0 saturated heterocycles. The molecule has 2 rings (SSSR count). The van der Waals surface area contributed by atoms with Crippen LogP contribution in [0.15, 0.2) is 48.5 Å². The number of hydrogen-bond acceptors (Lipinski definition) is 2. The predicted molar refractivity (Wildman–Crippen MR) is 80.0 cm³/mol. The summed E-state index contributed by atoms with van der Waals surface area (Å²) in [5.74, 6) is -1.84. The molecular formula is C16H14O4Si. The first-order valence-electron chi connectivity index (χ1n) is 6.41. The molecule has 2 aromatic rings. The minimum absolute atomic E-state index is 0.296. The highest BCUT2D eigenvalue weighted by atomic mass is 28.2. The zero-order valence-electron chi connectivity index (χ0n) is 11.2. The molecule has 5 heteroatoms. The summed E-state index contributed by atoms with van der Waals surface area (Å²) in [6.45, 7) is 0. The van der Waals surface area contributed by atoms with Gasteiger partial charge in [-0.1, -0.05) is 35.4 Å². The highest BCUT2D eigenvalue weighted by Crippen LogP contribution is 2.09. The monoisotopic (exact) mass is 298 g/mol. The summed E-state index contributed by atoms with van der Waals surface area (Å²) in [4.78, 5) is 21.8. The number of rotatable bonds is 6. The largest absolute Gasteiger partial charge is 0.478 e. The van der Waals surface area contributed by atoms with E-state index in [0.29, 0.717) is 20.6 Å². The Morgan fingerprint density at radius 2 is 1.24 bits per heavy atom. The molecule has 0 atom stereocenters. The van der Waals surface area contributed by atoms with Crippen molar-refractivity contribution in [3.8, 4) is 0 Å². The molecule has 0 heterocycles. The lowest BCUT2D eigenvalue weighted by atomic mass is 10.1. The van der Waals surface area contributed by atoms with Crippen LogP contribution in [0, 0.1) is 0 Å². The van der Waals surface area contributed by atoms with Crippen LogP contribution in [0.5, 0.6) is 0 Å². The Balaban J connectivity index is 1.95. The Labute approximate surface area is 124 Å². The average molecular weight is 298 g/mol. The molecule has 106 valence electrons. The van der Waals surface area contributed by atoms with Gasteiger partial charge in [-0.2, -0.15) is 0 Å². The van der Waals surface area contributed by atoms with Gasteiger partial charge in [-0.25, -0.2) is 9.59 Å². The molecule has 0 spiro atoms. The van der Waals surface area contributed by atoms with Crippen LogP contribution in [0.2, 0.25) is 0 Å². The van der Waals surface area contributed by atoms with E-state index >= 15 is 0 Å². The lowest BCUT2D eigenvalue weighted by Gasteiger charge is -2.04. The molecule has 0 saturated carbocycles. The van der Waals surface area contributed by atoms with E-state index in [0.717, 1.165) is 23.2 Å². The van der Waals surface area contributed by atoms with Crippen molar-refractivity contribution in [1.29, 1.82) is 0 Å². The third-order valence-electron chi connectivity index (χ3n) is 3.01. The fourth-order valence-electron chi connectivity index (χ4n) is 1.98. The second kappa shape index (κ2) is 6.85. The molecule has 0 aromatic heterocycles. The number of carbonyl (C=O) groups is 2. The highest BCUT2D eigenvalue weighted by molar-refractivity contribution is 6.34. The second-order valence-electron chi connectivity index (χ2n) is 4.61. The summed E-state index contributed by atoms with van der Waals surface area (Å²) in [5, 5.41) is 17.9. The fourth-order valence-corrected chi connectivity index (χ4v) is 3.12. The molecule has 0 bridgehead atoms. The summed E-state index contributed by atoms with van der Waals surface area (Å²) >= 11 is 0. The molecule has 2 aromatic carbocycles. The maximum absolute atomic E-state index is 10.9. The van der Waals surface area contributed by atoms with Crippen LogP contribution in [0.1, 0.15) is 31.8 Å². The van der Waals surface area contributed by atoms with Gasteiger partial charge in [0.25, 0.3) is 0 Å². The van der Waals surface area contributed by atoms with E-state index in [-0.39, 0.29) is 0 Å². The molecule has 0 unspecified atom stereocenters. The number of hydrogen-bond donors (Lipinski definition) is 2. The fraction of sp³-hybridized carbons (Fsp3) is 0.125. The van der Waals surface area contributed by atoms with Crippen LogP contribution in [0.25, 0.3) is 0 Å². The Bertz CT molecular complexity index is 609. The maximum Gasteiger partial charge on any atom is 0.335 e. The van der Waals surface area contributed by atoms with Crippen molar-refractivity contribution in [3.05, 3.63) is 70.8 Å². The van der Waals surface area contributed by atoms with E-state index in [2.05, 4.69) is 0 Å². The van der Waals surface area contributed by atoms with Crippen LogP contribution < -0.4 is 0 Å². The van der Waals surface area contributed by atoms with E-state index < -0.39 is 11.9 Å². The molecule has 0 fully saturated rings. The minimum Gasteiger partial charge on any atom is -0.478 e. The van der Waals surface area contributed by atoms with Crippen molar-refractivity contribution >= 4 is 21.5 Å². The first-order chi connectivity index (χ1) is 10.1. The molecule has 21 heavy (non-hydrogen) atoms. The van der Waals surface area contributed by atoms with Crippen molar-refractivity contribution in [2.75, 3.05) is 0 Å². The zero-order chi connectivity index (χ0) is 15.2. The van der Waals surface area contributed by atoms with Gasteiger partial charge in [0.2, 0.25) is 0 Å². The normalized spacial score (nSPS) is 10.3. The van der Waals surface area contributed by atoms with Crippen LogP contribution >= 0.6 is 0 Å². The number of carboxylic acids is 2. The third kappa shape index (κ3) is 4.29. The molecule has 0 amide bonds. The molecule has 0 aliphatic heterocycles. The van der Waals surface area contributed by atoms with Gasteiger partial charge in [-0.3, -0.25) is 0 Å². The maximum atomic E-state index is 10.9. The van der Waals surface area contributed by atoms with Crippen molar-refractivity contribution in [1.82, 2.24) is 0 Å². The van der Waals surface area contributed by atoms with Crippen molar-refractivity contribution in [3.63, 3.8) is 0 Å². The Morgan fingerprint density at radius 1 is 0.810 bits per heavy atom. The van der Waals surface area contributed by atoms with E-state index in [1.807, 2.05) is 12.1 Å². The summed E-state index contributed by atoms with van der Waals surface area (Å²) < 4.78 is 0. The van der Waals surface area contributed by atoms with Gasteiger partial charge in [-0.15, -0.1) is 0 Å². The standard InChI is InChI=1S/C16H14O4Si/c17-15(18)13-5-1-3-11(7-13)9-21-10-12-4-2-6-14(8-12)16(19)20/h1-8H,9-10H2,(H,17,18)(H,19,20). The van der Waals surface area contributed by atoms with Gasteiger partial charge in [0, 0.05) is 9.52 Å². The van der Waals surface area contributed by atoms with E-state index in [9.17, 15) is 9.59 Å². The van der Waals surface area contributed by atoms with Crippen LogP contribution in [-0.2, 0) is 12.1 Å². The second-order valence-corrected chi connectivity index (χ2v) is 5.82. The number of carboxylic acid groups (broad SMARTS) is 2. The molecule has 2 N–H and O–H groups in total. The Kier molecular flexibility index (Phi) is 4.89. The smallest absolute Gasteiger partial charge is 0.335 e. The Hall–Kier alpha value is -2.40. The lowest BCUT2D eigenvalue weighted by molar-refractivity contribution is 0.0686. The quantitative estimate of drug-likeness (QED) is 0.803. The van der Waals surface area contributed by atoms with E-state index in [1.165, 1.54) is 0 Å². The van der Waals surface area contributed by atoms with Crippen LogP contribution in [0.4, 0.5) is 0 Å². The summed E-state index contributed by atoms with van der Waals surface area (Å²) in [6.07, 6.45) is 0. The average Bonchev–Trinajstić information content (AvgIpc) is 2.48. The first-order valence-corrected chi connectivity index (χ1v) is 7.83. The van der Waals surface area contributed by atoms with Gasteiger partial charge in [-0.05, 0) is 36.4 Å². The van der Waals surface area contributed by atoms with E-state index in [4.69, 9.17) is 10.2 Å². The van der Waals surface area contributed by atoms with Gasteiger partial charge in [0.15, 0.2) is 0 Å². The molecule has 4 nitrogen and oxygen atoms in total. The Morgan fingerprint density at radius 3 is 1.62 bits per heavy atom. The topological polar surface area (TPSA) is 74.6 Å². The van der Waals surface area contributed by atoms with Gasteiger partial charge >= 0.3 is 11.9 Å². The minimum atomic E-state index is -0.922. The predicted octanol–water partition coefficient (Wildman–Crippen LogP) is 2.49. The number of benzene rings is 2. The van der Waals surface area contributed by atoms with Crippen LogP contribution in [0.3, 0.4) is 0 Å². The van der Waals surface area contributed by atoms with E-state index in [1.54, 1.807) is 36.4 Å². The van der Waals surface area contributed by atoms with Crippen LogP contribution in [-0.4, -0.2) is 31.7 Å². The molecule has 0 aliphatic carbocycles. The lowest BCUT2D eigenvalue weighted by Crippen LogP contribution is -2.05. The summed E-state index contributed by atoms with van der Waals surface area (Å²) in [7, 11) is 0.581. The SMILES string of the molecule is O=C(O)c1cccc(C[Si]Cc2cccc(C(=O)O)c2)c1. The molecular weight excluding hydrogens is 284 g/mol. The summed E-state index contributed by atoms with van der Waals surface area (Å²) in [5.41, 5.74) is 2.57. The van der Waals surface area contributed by atoms with Gasteiger partial charge < -0.3 is 10.2 Å². The van der Waals surface area contributed by atoms with Gasteiger partial charge in [0.05, 0.1) is 11.1 Å². The molecule has 2 radical (unpaired) electrons. The zero-order valence-corrected chi connectivity index (χ0v) is 12.2. The van der Waals surface area contributed by atoms with Gasteiger partial charge in [0.1, 0.15) is 0 Å². The highest BCUT2D eigenvalue weighted by Gasteiger charge is 2.05. The first kappa shape index (κ1) is 15.0. The number of aromatic carboxylic acids is 2. The molecule has 0 aliphatic rings.